The lowest BCUT2D eigenvalue weighted by Gasteiger charge is -2.29. The molecule has 0 atom stereocenters. The van der Waals surface area contributed by atoms with E-state index in [2.05, 4.69) is 12.1 Å². The van der Waals surface area contributed by atoms with Crippen molar-refractivity contribution in [3.8, 4) is 0 Å². The molecule has 0 spiro atoms. The number of carboxylic acids is 1. The minimum atomic E-state index is -0.793. The quantitative estimate of drug-likeness (QED) is 0.406. The van der Waals surface area contributed by atoms with Crippen LogP contribution in [0.15, 0.2) is 59.6 Å². The zero-order valence-electron chi connectivity index (χ0n) is 20.0. The smallest absolute Gasteiger partial charge is 0.303 e. The van der Waals surface area contributed by atoms with E-state index >= 15 is 0 Å². The number of allylic oxidation sites excluding steroid dienone is 4. The van der Waals surface area contributed by atoms with E-state index in [1.54, 1.807) is 0 Å². The molecular formula is C29H28ClN3O3. The van der Waals surface area contributed by atoms with Crippen molar-refractivity contribution in [2.24, 2.45) is 0 Å². The van der Waals surface area contributed by atoms with E-state index in [0.717, 1.165) is 46.8 Å². The molecule has 2 aliphatic rings. The first kappa shape index (κ1) is 24.2. The molecule has 1 amide bonds. The molecule has 184 valence electrons. The first-order chi connectivity index (χ1) is 17.5. The molecule has 0 bridgehead atoms. The molecule has 1 N–H and O–H groups in total. The minimum absolute atomic E-state index is 0.00458. The summed E-state index contributed by atoms with van der Waals surface area (Å²) in [6.07, 6.45) is 8.34. The molecular weight excluding hydrogens is 474 g/mol. The minimum Gasteiger partial charge on any atom is -0.481 e. The molecule has 0 unspecified atom stereocenters. The van der Waals surface area contributed by atoms with Crippen LogP contribution in [0.25, 0.3) is 16.6 Å². The number of aliphatic carboxylic acids is 1. The molecule has 0 fully saturated rings. The molecule has 2 aromatic carbocycles. The Bertz CT molecular complexity index is 1400. The monoisotopic (exact) mass is 501 g/mol. The van der Waals surface area contributed by atoms with Gasteiger partial charge in [-0.2, -0.15) is 0 Å². The Morgan fingerprint density at radius 3 is 2.56 bits per heavy atom. The first-order valence-corrected chi connectivity index (χ1v) is 12.8. The van der Waals surface area contributed by atoms with E-state index in [0.29, 0.717) is 43.4 Å². The fourth-order valence-corrected chi connectivity index (χ4v) is 5.04. The number of nitrogens with zero attached hydrogens (tertiary/aromatic N) is 3. The van der Waals surface area contributed by atoms with Crippen molar-refractivity contribution in [2.45, 2.75) is 51.5 Å². The molecule has 1 aromatic heterocycles. The highest BCUT2D eigenvalue weighted by Crippen LogP contribution is 2.31. The molecule has 1 aliphatic carbocycles. The van der Waals surface area contributed by atoms with Gasteiger partial charge in [0, 0.05) is 30.1 Å². The van der Waals surface area contributed by atoms with Crippen molar-refractivity contribution < 1.29 is 14.7 Å². The molecule has 3 aromatic rings. The second-order valence-electron chi connectivity index (χ2n) is 9.37. The molecule has 2 heterocycles. The van der Waals surface area contributed by atoms with Gasteiger partial charge in [0.1, 0.15) is 0 Å². The molecule has 5 rings (SSSR count). The van der Waals surface area contributed by atoms with Crippen molar-refractivity contribution in [1.29, 1.82) is 0 Å². The zero-order valence-corrected chi connectivity index (χ0v) is 20.8. The summed E-state index contributed by atoms with van der Waals surface area (Å²) in [6.45, 7) is 1.30. The fourth-order valence-electron chi connectivity index (χ4n) is 4.88. The Kier molecular flexibility index (Phi) is 7.14. The van der Waals surface area contributed by atoms with Crippen LogP contribution in [0.3, 0.4) is 0 Å². The van der Waals surface area contributed by atoms with E-state index in [-0.39, 0.29) is 12.3 Å². The molecule has 6 nitrogen and oxygen atoms in total. The Balaban J connectivity index is 1.44. The summed E-state index contributed by atoms with van der Waals surface area (Å²) in [6, 6.07) is 13.8. The molecule has 0 radical (unpaired) electrons. The number of carbonyl (C=O) groups excluding carboxylic acids is 1. The number of aromatic nitrogens is 2. The normalized spacial score (nSPS) is 15.3. The lowest BCUT2D eigenvalue weighted by molar-refractivity contribution is -0.137. The number of aryl methyl sites for hydroxylation is 1. The number of amides is 1. The molecule has 0 saturated heterocycles. The summed E-state index contributed by atoms with van der Waals surface area (Å²) < 4.78 is 0. The molecule has 1 aliphatic heterocycles. The maximum absolute atomic E-state index is 13.4. The molecule has 0 saturated carbocycles. The Labute approximate surface area is 215 Å². The topological polar surface area (TPSA) is 83.4 Å². The van der Waals surface area contributed by atoms with Gasteiger partial charge in [0.2, 0.25) is 0 Å². The van der Waals surface area contributed by atoms with Crippen LogP contribution in [-0.4, -0.2) is 38.4 Å². The third kappa shape index (κ3) is 5.34. The highest BCUT2D eigenvalue weighted by molar-refractivity contribution is 6.29. The van der Waals surface area contributed by atoms with Gasteiger partial charge in [-0.25, -0.2) is 9.97 Å². The van der Waals surface area contributed by atoms with Crippen LogP contribution < -0.4 is 0 Å². The maximum Gasteiger partial charge on any atom is 0.303 e. The summed E-state index contributed by atoms with van der Waals surface area (Å²) in [4.78, 5) is 36.1. The van der Waals surface area contributed by atoms with Gasteiger partial charge in [-0.1, -0.05) is 41.9 Å². The van der Waals surface area contributed by atoms with Gasteiger partial charge in [0.15, 0.2) is 0 Å². The predicted octanol–water partition coefficient (Wildman–Crippen LogP) is 5.93. The Morgan fingerprint density at radius 1 is 0.944 bits per heavy atom. The van der Waals surface area contributed by atoms with E-state index in [9.17, 15) is 9.59 Å². The van der Waals surface area contributed by atoms with Crippen molar-refractivity contribution in [1.82, 2.24) is 14.9 Å². The SMILES string of the molecule is O=C(O)CCCCc1nc2cc(C(=O)N3CCc4ccccc4C3)ccc2nc1C1=CC=C(Cl)CC1. The molecule has 7 heteroatoms. The lowest BCUT2D eigenvalue weighted by Crippen LogP contribution is -2.35. The number of benzene rings is 2. The number of carbonyl (C=O) groups is 2. The largest absolute Gasteiger partial charge is 0.481 e. The van der Waals surface area contributed by atoms with E-state index in [1.807, 2.05) is 47.4 Å². The number of carboxylic acid groups (broad SMARTS) is 1. The van der Waals surface area contributed by atoms with Crippen molar-refractivity contribution in [2.75, 3.05) is 6.54 Å². The van der Waals surface area contributed by atoms with Gasteiger partial charge in [0.25, 0.3) is 5.91 Å². The maximum atomic E-state index is 13.4. The van der Waals surface area contributed by atoms with Gasteiger partial charge in [-0.15, -0.1) is 0 Å². The second kappa shape index (κ2) is 10.6. The van der Waals surface area contributed by atoms with Crippen LogP contribution in [-0.2, 0) is 24.2 Å². The van der Waals surface area contributed by atoms with Gasteiger partial charge in [-0.05, 0) is 79.5 Å². The summed E-state index contributed by atoms with van der Waals surface area (Å²) in [5, 5.41) is 9.81. The second-order valence-corrected chi connectivity index (χ2v) is 9.86. The highest BCUT2D eigenvalue weighted by atomic mass is 35.5. The number of hydrogen-bond donors (Lipinski definition) is 1. The highest BCUT2D eigenvalue weighted by Gasteiger charge is 2.22. The van der Waals surface area contributed by atoms with Gasteiger partial charge in [-0.3, -0.25) is 9.59 Å². The average Bonchev–Trinajstić information content (AvgIpc) is 2.90. The summed E-state index contributed by atoms with van der Waals surface area (Å²) in [5.74, 6) is -0.798. The number of unbranched alkanes of at least 4 members (excludes halogenated alkanes) is 1. The summed E-state index contributed by atoms with van der Waals surface area (Å²) >= 11 is 6.16. The number of rotatable bonds is 7. The standard InChI is InChI=1S/C29H28ClN3O3/c30-23-12-9-20(10-13-23)28-25(7-3-4-8-27(34)35)31-26-17-21(11-14-24(26)32-28)29(36)33-16-15-19-5-1-2-6-22(19)18-33/h1-2,5-6,9,11-12,14,17H,3-4,7-8,10,13,15-16,18H2,(H,34,35). The van der Waals surface area contributed by atoms with Gasteiger partial charge >= 0.3 is 5.97 Å². The summed E-state index contributed by atoms with van der Waals surface area (Å²) in [5.41, 5.74) is 7.27. The third-order valence-electron chi connectivity index (χ3n) is 6.86. The van der Waals surface area contributed by atoms with Crippen molar-refractivity contribution >= 4 is 40.1 Å². The Morgan fingerprint density at radius 2 is 1.78 bits per heavy atom. The predicted molar refractivity (Wildman–Crippen MR) is 141 cm³/mol. The molecule has 36 heavy (non-hydrogen) atoms. The number of halogens is 1. The van der Waals surface area contributed by atoms with Crippen molar-refractivity contribution in [3.63, 3.8) is 0 Å². The zero-order chi connectivity index (χ0) is 25.1. The Hall–Kier alpha value is -3.51. The van der Waals surface area contributed by atoms with Gasteiger partial charge in [0.05, 0.1) is 22.4 Å². The van der Waals surface area contributed by atoms with Crippen LogP contribution in [0.5, 0.6) is 0 Å². The van der Waals surface area contributed by atoms with Crippen LogP contribution in [0.2, 0.25) is 0 Å². The van der Waals surface area contributed by atoms with Crippen LogP contribution in [0, 0.1) is 0 Å². The van der Waals surface area contributed by atoms with E-state index in [4.69, 9.17) is 26.7 Å². The lowest BCUT2D eigenvalue weighted by atomic mass is 9.97. The van der Waals surface area contributed by atoms with E-state index in [1.165, 1.54) is 11.1 Å². The average molecular weight is 502 g/mol. The van der Waals surface area contributed by atoms with Crippen LogP contribution in [0.4, 0.5) is 0 Å². The van der Waals surface area contributed by atoms with Crippen molar-refractivity contribution in [3.05, 3.63) is 87.7 Å². The number of fused-ring (bicyclic) bond motifs is 2. The van der Waals surface area contributed by atoms with E-state index < -0.39 is 5.97 Å². The summed E-state index contributed by atoms with van der Waals surface area (Å²) in [7, 11) is 0. The van der Waals surface area contributed by atoms with Crippen LogP contribution >= 0.6 is 11.6 Å². The van der Waals surface area contributed by atoms with Gasteiger partial charge < -0.3 is 10.0 Å². The fraction of sp³-hybridized carbons (Fsp3) is 0.310. The number of hydrogen-bond acceptors (Lipinski definition) is 4. The van der Waals surface area contributed by atoms with Crippen LogP contribution in [0.1, 0.15) is 65.0 Å². The third-order valence-corrected chi connectivity index (χ3v) is 7.17. The first-order valence-electron chi connectivity index (χ1n) is 12.4.